The Kier molecular flexibility index (Phi) is 7.13. The summed E-state index contributed by atoms with van der Waals surface area (Å²) in [6.45, 7) is 4.64. The molecule has 1 aliphatic heterocycles. The first-order valence-electron chi connectivity index (χ1n) is 11.6. The van der Waals surface area contributed by atoms with Crippen molar-refractivity contribution in [1.29, 1.82) is 0 Å². The maximum atomic E-state index is 13.1. The fraction of sp³-hybridized carbons (Fsp3) is 0.480. The van der Waals surface area contributed by atoms with Crippen molar-refractivity contribution in [2.24, 2.45) is 17.8 Å². The fourth-order valence-corrected chi connectivity index (χ4v) is 4.41. The van der Waals surface area contributed by atoms with Gasteiger partial charge in [-0.2, -0.15) is 0 Å². The average molecular weight is 454 g/mol. The third-order valence-corrected chi connectivity index (χ3v) is 6.41. The first kappa shape index (κ1) is 23.0. The summed E-state index contributed by atoms with van der Waals surface area (Å²) in [5.41, 5.74) is 2.21. The van der Waals surface area contributed by atoms with Gasteiger partial charge in [0.05, 0.1) is 12.3 Å². The van der Waals surface area contributed by atoms with Crippen LogP contribution in [0.5, 0.6) is 0 Å². The molecule has 1 aromatic carbocycles. The predicted octanol–water partition coefficient (Wildman–Crippen LogP) is 2.45. The summed E-state index contributed by atoms with van der Waals surface area (Å²) in [5, 5.41) is 7.00. The van der Waals surface area contributed by atoms with Crippen LogP contribution >= 0.6 is 0 Å². The number of ether oxygens (including phenoxy) is 2. The smallest absolute Gasteiger partial charge is 0.310 e. The summed E-state index contributed by atoms with van der Waals surface area (Å²) in [5.74, 6) is -1.14. The number of hydrogen-bond donors (Lipinski definition) is 3. The summed E-state index contributed by atoms with van der Waals surface area (Å²) >= 11 is 0. The quantitative estimate of drug-likeness (QED) is 0.358. The van der Waals surface area contributed by atoms with E-state index in [9.17, 15) is 14.4 Å². The molecule has 176 valence electrons. The number of fused-ring (bicyclic) bond motifs is 1. The molecule has 0 spiro atoms. The number of H-pyrrole nitrogens is 1. The van der Waals surface area contributed by atoms with Crippen LogP contribution in [0.2, 0.25) is 0 Å². The molecule has 1 saturated heterocycles. The van der Waals surface area contributed by atoms with Gasteiger partial charge < -0.3 is 25.1 Å². The highest BCUT2D eigenvalue weighted by Crippen LogP contribution is 2.34. The number of hydrogen-bond acceptors (Lipinski definition) is 5. The maximum Gasteiger partial charge on any atom is 0.310 e. The number of benzene rings is 1. The summed E-state index contributed by atoms with van der Waals surface area (Å²) in [4.78, 5) is 40.8. The molecule has 3 N–H and O–H groups in total. The average Bonchev–Trinajstić information content (AvgIpc) is 3.49. The fourth-order valence-electron chi connectivity index (χ4n) is 4.41. The lowest BCUT2D eigenvalue weighted by Gasteiger charge is -2.26. The van der Waals surface area contributed by atoms with Crippen molar-refractivity contribution in [3.63, 3.8) is 0 Å². The number of carbonyl (C=O) groups excluding carboxylic acids is 3. The van der Waals surface area contributed by atoms with Crippen molar-refractivity contribution < 1.29 is 23.9 Å². The number of aromatic nitrogens is 1. The van der Waals surface area contributed by atoms with Crippen LogP contribution < -0.4 is 10.6 Å². The molecule has 2 aliphatic rings. The van der Waals surface area contributed by atoms with Crippen LogP contribution in [0.3, 0.4) is 0 Å². The number of nitrogens with one attached hydrogen (secondary N) is 3. The van der Waals surface area contributed by atoms with Crippen LogP contribution in [0.4, 0.5) is 0 Å². The van der Waals surface area contributed by atoms with Gasteiger partial charge in [0.2, 0.25) is 18.1 Å². The molecule has 8 heteroatoms. The Hall–Kier alpha value is -3.13. The number of allylic oxidation sites excluding steroid dienone is 2. The summed E-state index contributed by atoms with van der Waals surface area (Å²) in [7, 11) is 0. The molecule has 4 rings (SSSR count). The summed E-state index contributed by atoms with van der Waals surface area (Å²) in [6, 6.07) is 7.51. The van der Waals surface area contributed by atoms with Crippen LogP contribution in [0.25, 0.3) is 10.9 Å². The van der Waals surface area contributed by atoms with Gasteiger partial charge in [-0.3, -0.25) is 14.4 Å². The van der Waals surface area contributed by atoms with Gasteiger partial charge >= 0.3 is 5.97 Å². The first-order chi connectivity index (χ1) is 16.0. The molecule has 2 amide bonds. The zero-order valence-corrected chi connectivity index (χ0v) is 19.0. The number of amides is 2. The number of carbonyl (C=O) groups is 3. The van der Waals surface area contributed by atoms with E-state index in [0.717, 1.165) is 16.5 Å². The highest BCUT2D eigenvalue weighted by molar-refractivity contribution is 5.87. The highest BCUT2D eigenvalue weighted by Gasteiger charge is 2.40. The van der Waals surface area contributed by atoms with E-state index >= 15 is 0 Å². The third kappa shape index (κ3) is 5.63. The Balaban J connectivity index is 1.33. The minimum atomic E-state index is -0.786. The topological polar surface area (TPSA) is 110 Å². The Morgan fingerprint density at radius 3 is 2.82 bits per heavy atom. The molecule has 0 radical (unpaired) electrons. The molecule has 1 fully saturated rings. The molecule has 2 heterocycles. The number of para-hydroxylation sites is 1. The third-order valence-electron chi connectivity index (χ3n) is 6.41. The molecule has 4 atom stereocenters. The van der Waals surface area contributed by atoms with E-state index < -0.39 is 24.2 Å². The Labute approximate surface area is 193 Å². The van der Waals surface area contributed by atoms with Crippen molar-refractivity contribution in [3.05, 3.63) is 48.2 Å². The molecule has 33 heavy (non-hydrogen) atoms. The Bertz CT molecular complexity index is 1040. The van der Waals surface area contributed by atoms with Gasteiger partial charge in [-0.05, 0) is 36.8 Å². The number of esters is 1. The normalized spacial score (nSPS) is 21.6. The van der Waals surface area contributed by atoms with Crippen LogP contribution in [0, 0.1) is 17.8 Å². The molecule has 8 nitrogen and oxygen atoms in total. The lowest BCUT2D eigenvalue weighted by atomic mass is 9.85. The van der Waals surface area contributed by atoms with E-state index in [1.165, 1.54) is 0 Å². The summed E-state index contributed by atoms with van der Waals surface area (Å²) in [6.07, 6.45) is 6.09. The second kappa shape index (κ2) is 10.2. The number of rotatable bonds is 11. The van der Waals surface area contributed by atoms with Crippen molar-refractivity contribution in [1.82, 2.24) is 15.6 Å². The van der Waals surface area contributed by atoms with Gasteiger partial charge in [-0.15, -0.1) is 0 Å². The Morgan fingerprint density at radius 2 is 2.06 bits per heavy atom. The van der Waals surface area contributed by atoms with Crippen LogP contribution in [0.1, 0.15) is 32.3 Å². The van der Waals surface area contributed by atoms with Gasteiger partial charge in [0.25, 0.3) is 0 Å². The van der Waals surface area contributed by atoms with Crippen molar-refractivity contribution >= 4 is 28.7 Å². The van der Waals surface area contributed by atoms with Gasteiger partial charge in [0, 0.05) is 36.7 Å². The monoisotopic (exact) mass is 453 g/mol. The molecular weight excluding hydrogens is 422 g/mol. The predicted molar refractivity (Wildman–Crippen MR) is 123 cm³/mol. The largest absolute Gasteiger partial charge is 0.433 e. The molecule has 3 unspecified atom stereocenters. The lowest BCUT2D eigenvalue weighted by molar-refractivity contribution is -0.164. The molecular formula is C25H31N3O5. The van der Waals surface area contributed by atoms with Crippen molar-refractivity contribution in [2.75, 3.05) is 13.2 Å². The molecule has 0 bridgehead atoms. The van der Waals surface area contributed by atoms with E-state index in [-0.39, 0.29) is 36.5 Å². The number of aromatic amines is 1. The zero-order chi connectivity index (χ0) is 23.4. The first-order valence-corrected chi connectivity index (χ1v) is 11.6. The number of cyclic esters (lactones) is 1. The molecule has 1 aliphatic carbocycles. The standard InChI is InChI=1S/C25H31N3O5/c1-3-32-25-21(13-23(30)33-25)28-24(31)19(15(2)16-8-9-16)12-22(29)26-11-10-17-14-27-20-7-5-4-6-18(17)20/h4-9,14-16,19,21,25,27H,3,10-13H2,1-2H3,(H,26,29)(H,28,31)/t15?,19-,21?,25?/m0/s1. The summed E-state index contributed by atoms with van der Waals surface area (Å²) < 4.78 is 10.6. The van der Waals surface area contributed by atoms with Crippen molar-refractivity contribution in [3.8, 4) is 0 Å². The lowest BCUT2D eigenvalue weighted by Crippen LogP contribution is -2.47. The second-order valence-electron chi connectivity index (χ2n) is 8.72. The minimum Gasteiger partial charge on any atom is -0.433 e. The van der Waals surface area contributed by atoms with E-state index in [2.05, 4.69) is 21.7 Å². The van der Waals surface area contributed by atoms with E-state index in [4.69, 9.17) is 9.47 Å². The van der Waals surface area contributed by atoms with E-state index in [1.54, 1.807) is 6.92 Å². The molecule has 0 saturated carbocycles. The van der Waals surface area contributed by atoms with E-state index in [1.807, 2.05) is 43.5 Å². The van der Waals surface area contributed by atoms with Gasteiger partial charge in [0.1, 0.15) is 6.04 Å². The minimum absolute atomic E-state index is 0.0204. The molecule has 1 aromatic heterocycles. The van der Waals surface area contributed by atoms with Gasteiger partial charge in [-0.1, -0.05) is 37.3 Å². The van der Waals surface area contributed by atoms with Crippen LogP contribution in [-0.2, 0) is 30.3 Å². The second-order valence-corrected chi connectivity index (χ2v) is 8.72. The van der Waals surface area contributed by atoms with Gasteiger partial charge in [-0.25, -0.2) is 0 Å². The SMILES string of the molecule is CCOC1OC(=O)CC1NC(=O)[C@@H](CC(=O)NCCc1c[nH]c2ccccc12)C(C)C1C=C1. The van der Waals surface area contributed by atoms with E-state index in [0.29, 0.717) is 19.6 Å². The zero-order valence-electron chi connectivity index (χ0n) is 19.0. The molecule has 2 aromatic rings. The van der Waals surface area contributed by atoms with Crippen molar-refractivity contribution in [2.45, 2.75) is 45.4 Å². The maximum absolute atomic E-state index is 13.1. The van der Waals surface area contributed by atoms with Crippen LogP contribution in [-0.4, -0.2) is 48.3 Å². The van der Waals surface area contributed by atoms with Crippen LogP contribution in [0.15, 0.2) is 42.6 Å². The highest BCUT2D eigenvalue weighted by atomic mass is 16.7. The van der Waals surface area contributed by atoms with Gasteiger partial charge in [0.15, 0.2) is 0 Å². The Morgan fingerprint density at radius 1 is 1.27 bits per heavy atom.